The molecule has 0 bridgehead atoms. The Hall–Kier alpha value is -1.20. The molecule has 5 N–H and O–H groups in total. The summed E-state index contributed by atoms with van der Waals surface area (Å²) in [7, 11) is 0. The lowest BCUT2D eigenvalue weighted by molar-refractivity contribution is -0.202. The number of fused-ring (bicyclic) bond motifs is 7. The molecule has 0 aromatic heterocycles. The molecule has 0 aliphatic heterocycles. The number of carboxylic acid groups (broad SMARTS) is 1. The standard InChI is InChI=1S/C30H46O4.H3N/c1-25(2)21-8-11-30(7)23(28(21,5)10-9-22(25)32)20(31)16-18-19-17-27(4,24(33)34)13-12-26(19,3)14-15-29(18,30)6;/h16,19,21-23,32H,8-15,17H2,1-7H3,(H,33,34);1H3/t19-,21?,22+,23?,26-,27+,28+,29-,30-;/m1./s1. The van der Waals surface area contributed by atoms with Gasteiger partial charge < -0.3 is 16.4 Å². The van der Waals surface area contributed by atoms with Gasteiger partial charge in [-0.1, -0.05) is 47.1 Å². The van der Waals surface area contributed by atoms with Crippen molar-refractivity contribution >= 4 is 11.8 Å². The lowest BCUT2D eigenvalue weighted by atomic mass is 9.33. The Morgan fingerprint density at radius 1 is 0.914 bits per heavy atom. The van der Waals surface area contributed by atoms with Gasteiger partial charge in [-0.3, -0.25) is 9.59 Å². The summed E-state index contributed by atoms with van der Waals surface area (Å²) in [6.45, 7) is 15.8. The predicted molar refractivity (Wildman–Crippen MR) is 138 cm³/mol. The van der Waals surface area contributed by atoms with Crippen LogP contribution in [0.3, 0.4) is 0 Å². The Morgan fingerprint density at radius 3 is 2.17 bits per heavy atom. The van der Waals surface area contributed by atoms with Gasteiger partial charge in [-0.15, -0.1) is 0 Å². The number of allylic oxidation sites excluding steroid dienone is 2. The number of aliphatic hydroxyl groups is 1. The third-order valence-corrected chi connectivity index (χ3v) is 13.1. The van der Waals surface area contributed by atoms with E-state index in [0.29, 0.717) is 12.3 Å². The first kappa shape index (κ1) is 26.9. The number of hydrogen-bond acceptors (Lipinski definition) is 4. The molecule has 4 saturated carbocycles. The fraction of sp³-hybridized carbons (Fsp3) is 0.867. The first-order chi connectivity index (χ1) is 15.6. The molecule has 0 aromatic rings. The van der Waals surface area contributed by atoms with Crippen LogP contribution in [-0.2, 0) is 9.59 Å². The summed E-state index contributed by atoms with van der Waals surface area (Å²) in [5.74, 6) is 0.0603. The van der Waals surface area contributed by atoms with E-state index in [-0.39, 0.29) is 56.9 Å². The molecule has 5 rings (SSSR count). The van der Waals surface area contributed by atoms with Crippen LogP contribution in [-0.4, -0.2) is 28.1 Å². The van der Waals surface area contributed by atoms with Gasteiger partial charge in [-0.25, -0.2) is 0 Å². The number of rotatable bonds is 1. The Morgan fingerprint density at radius 2 is 1.54 bits per heavy atom. The van der Waals surface area contributed by atoms with E-state index < -0.39 is 11.4 Å². The molecule has 0 radical (unpaired) electrons. The van der Waals surface area contributed by atoms with Gasteiger partial charge in [-0.05, 0) is 110 Å². The van der Waals surface area contributed by atoms with Crippen LogP contribution in [0.2, 0.25) is 0 Å². The second-order valence-electron chi connectivity index (χ2n) is 14.9. The minimum atomic E-state index is -0.711. The van der Waals surface area contributed by atoms with Crippen LogP contribution in [0.4, 0.5) is 0 Å². The quantitative estimate of drug-likeness (QED) is 0.387. The molecular formula is C30H49NO4. The number of hydrogen-bond donors (Lipinski definition) is 3. The molecule has 0 amide bonds. The third kappa shape index (κ3) is 3.19. The summed E-state index contributed by atoms with van der Waals surface area (Å²) in [5, 5.41) is 20.9. The van der Waals surface area contributed by atoms with Crippen LogP contribution >= 0.6 is 0 Å². The van der Waals surface area contributed by atoms with Crippen molar-refractivity contribution in [3.05, 3.63) is 11.6 Å². The summed E-state index contributed by atoms with van der Waals surface area (Å²) in [6, 6.07) is 0. The average molecular weight is 488 g/mol. The molecule has 2 unspecified atom stereocenters. The van der Waals surface area contributed by atoms with Gasteiger partial charge >= 0.3 is 5.97 Å². The Bertz CT molecular complexity index is 971. The van der Waals surface area contributed by atoms with E-state index in [1.54, 1.807) is 0 Å². The summed E-state index contributed by atoms with van der Waals surface area (Å²) < 4.78 is 0. The Labute approximate surface area is 212 Å². The minimum absolute atomic E-state index is 0. The van der Waals surface area contributed by atoms with Gasteiger partial charge in [0.15, 0.2) is 5.78 Å². The lowest BCUT2D eigenvalue weighted by Gasteiger charge is -2.70. The summed E-state index contributed by atoms with van der Waals surface area (Å²) in [5.41, 5.74) is 0.142. The second kappa shape index (κ2) is 7.66. The third-order valence-electron chi connectivity index (χ3n) is 13.1. The first-order valence-corrected chi connectivity index (χ1v) is 13.7. The van der Waals surface area contributed by atoms with Gasteiger partial charge in [0, 0.05) is 5.92 Å². The van der Waals surface area contributed by atoms with Gasteiger partial charge in [0.1, 0.15) is 0 Å². The van der Waals surface area contributed by atoms with Crippen molar-refractivity contribution in [1.82, 2.24) is 6.15 Å². The number of carboxylic acids is 1. The maximum Gasteiger partial charge on any atom is 0.309 e. The van der Waals surface area contributed by atoms with E-state index in [1.165, 1.54) is 5.57 Å². The number of carbonyl (C=O) groups is 2. The molecule has 35 heavy (non-hydrogen) atoms. The number of carbonyl (C=O) groups excluding carboxylic acids is 1. The Balaban J connectivity index is 0.00000289. The molecular weight excluding hydrogens is 438 g/mol. The molecule has 9 atom stereocenters. The van der Waals surface area contributed by atoms with E-state index in [4.69, 9.17) is 0 Å². The highest BCUT2D eigenvalue weighted by Gasteiger charge is 2.70. The summed E-state index contributed by atoms with van der Waals surface area (Å²) in [6.07, 6.45) is 9.95. The van der Waals surface area contributed by atoms with E-state index in [2.05, 4.69) is 41.5 Å². The first-order valence-electron chi connectivity index (χ1n) is 13.7. The van der Waals surface area contributed by atoms with Crippen molar-refractivity contribution in [1.29, 1.82) is 0 Å². The highest BCUT2D eigenvalue weighted by Crippen LogP contribution is 2.75. The fourth-order valence-corrected chi connectivity index (χ4v) is 10.4. The van der Waals surface area contributed by atoms with E-state index in [9.17, 15) is 19.8 Å². The van der Waals surface area contributed by atoms with Crippen LogP contribution in [0.15, 0.2) is 11.6 Å². The molecule has 5 aliphatic rings. The topological polar surface area (TPSA) is 110 Å². The smallest absolute Gasteiger partial charge is 0.309 e. The molecule has 0 aromatic carbocycles. The molecule has 198 valence electrons. The molecule has 5 nitrogen and oxygen atoms in total. The maximum absolute atomic E-state index is 14.2. The van der Waals surface area contributed by atoms with Crippen molar-refractivity contribution < 1.29 is 19.8 Å². The van der Waals surface area contributed by atoms with Gasteiger partial charge in [0.25, 0.3) is 0 Å². The number of ketones is 1. The average Bonchev–Trinajstić information content (AvgIpc) is 2.73. The highest BCUT2D eigenvalue weighted by atomic mass is 16.4. The summed E-state index contributed by atoms with van der Waals surface area (Å²) in [4.78, 5) is 26.4. The number of aliphatic carboxylic acids is 1. The summed E-state index contributed by atoms with van der Waals surface area (Å²) >= 11 is 0. The van der Waals surface area contributed by atoms with E-state index in [0.717, 1.165) is 51.4 Å². The van der Waals surface area contributed by atoms with Crippen molar-refractivity contribution in [3.63, 3.8) is 0 Å². The molecule has 5 aliphatic carbocycles. The minimum Gasteiger partial charge on any atom is -0.481 e. The zero-order valence-corrected chi connectivity index (χ0v) is 23.2. The second-order valence-corrected chi connectivity index (χ2v) is 14.9. The highest BCUT2D eigenvalue weighted by molar-refractivity contribution is 5.95. The van der Waals surface area contributed by atoms with Crippen LogP contribution < -0.4 is 6.15 Å². The van der Waals surface area contributed by atoms with Crippen LogP contribution in [0.25, 0.3) is 0 Å². The van der Waals surface area contributed by atoms with Crippen LogP contribution in [0.5, 0.6) is 0 Å². The monoisotopic (exact) mass is 487 g/mol. The number of aliphatic hydroxyl groups excluding tert-OH is 1. The van der Waals surface area contributed by atoms with E-state index in [1.807, 2.05) is 13.0 Å². The normalized spacial score (nSPS) is 52.6. The SMILES string of the molecule is CC1(C)C2CC[C@]3(C)C(C(=O)C=C4[C@H]5C[C@@](C)(C(=O)O)CC[C@]5(C)CC[C@]43C)[C@@]2(C)CC[C@@H]1O.N. The largest absolute Gasteiger partial charge is 0.481 e. The van der Waals surface area contributed by atoms with Crippen molar-refractivity contribution in [2.45, 2.75) is 112 Å². The van der Waals surface area contributed by atoms with Gasteiger partial charge in [-0.2, -0.15) is 0 Å². The predicted octanol–water partition coefficient (Wildman–Crippen LogP) is 6.57. The van der Waals surface area contributed by atoms with Crippen molar-refractivity contribution in [2.24, 2.45) is 50.2 Å². The van der Waals surface area contributed by atoms with Gasteiger partial charge in [0.05, 0.1) is 11.5 Å². The molecule has 4 fully saturated rings. The molecule has 0 heterocycles. The van der Waals surface area contributed by atoms with Crippen LogP contribution in [0, 0.1) is 50.2 Å². The van der Waals surface area contributed by atoms with Crippen molar-refractivity contribution in [3.8, 4) is 0 Å². The van der Waals surface area contributed by atoms with E-state index >= 15 is 0 Å². The van der Waals surface area contributed by atoms with Crippen molar-refractivity contribution in [2.75, 3.05) is 0 Å². The lowest BCUT2D eigenvalue weighted by Crippen LogP contribution is -2.66. The fourth-order valence-electron chi connectivity index (χ4n) is 10.4. The zero-order valence-electron chi connectivity index (χ0n) is 23.2. The molecule has 0 saturated heterocycles. The maximum atomic E-state index is 14.2. The Kier molecular flexibility index (Phi) is 5.88. The van der Waals surface area contributed by atoms with Crippen LogP contribution in [0.1, 0.15) is 106 Å². The molecule has 5 heteroatoms. The zero-order chi connectivity index (χ0) is 25.1. The van der Waals surface area contributed by atoms with Gasteiger partial charge in [0.2, 0.25) is 0 Å². The molecule has 0 spiro atoms.